The molecule has 110 valence electrons. The van der Waals surface area contributed by atoms with Gasteiger partial charge in [0.25, 0.3) is 0 Å². The molecule has 0 saturated carbocycles. The van der Waals surface area contributed by atoms with E-state index in [4.69, 9.17) is 4.74 Å². The van der Waals surface area contributed by atoms with Crippen molar-refractivity contribution in [2.75, 3.05) is 5.32 Å². The topological polar surface area (TPSA) is 34.1 Å². The summed E-state index contributed by atoms with van der Waals surface area (Å²) >= 11 is 3.44. The van der Waals surface area contributed by atoms with Crippen LogP contribution in [0.2, 0.25) is 0 Å². The van der Waals surface area contributed by atoms with Crippen molar-refractivity contribution in [2.45, 2.75) is 38.8 Å². The number of rotatable bonds is 2. The number of ether oxygens (including phenoxy) is 1. The number of pyridine rings is 1. The fourth-order valence-corrected chi connectivity index (χ4v) is 2.99. The zero-order chi connectivity index (χ0) is 15.0. The van der Waals surface area contributed by atoms with Gasteiger partial charge < -0.3 is 10.1 Å². The first-order chi connectivity index (χ1) is 9.94. The summed E-state index contributed by atoms with van der Waals surface area (Å²) in [6, 6.07) is 10.6. The molecule has 1 aromatic heterocycles. The van der Waals surface area contributed by atoms with Gasteiger partial charge in [-0.1, -0.05) is 18.2 Å². The van der Waals surface area contributed by atoms with Crippen LogP contribution >= 0.6 is 15.9 Å². The molecule has 0 aliphatic carbocycles. The van der Waals surface area contributed by atoms with E-state index in [0.717, 1.165) is 28.0 Å². The Hall–Kier alpha value is -1.55. The van der Waals surface area contributed by atoms with E-state index >= 15 is 0 Å². The smallest absolute Gasteiger partial charge is 0.125 e. The SMILES string of the molecule is Cc1cc(NC2CC(C)(C)Oc3ccccc32)cnc1Br. The van der Waals surface area contributed by atoms with Gasteiger partial charge in [0.15, 0.2) is 0 Å². The van der Waals surface area contributed by atoms with Crippen LogP contribution in [0.15, 0.2) is 41.1 Å². The van der Waals surface area contributed by atoms with Crippen LogP contribution in [0.4, 0.5) is 5.69 Å². The fraction of sp³-hybridized carbons (Fsp3) is 0.353. The molecular formula is C17H19BrN2O. The van der Waals surface area contributed by atoms with Crippen LogP contribution < -0.4 is 10.1 Å². The second kappa shape index (κ2) is 5.34. The molecule has 3 nitrogen and oxygen atoms in total. The molecule has 0 radical (unpaired) electrons. The van der Waals surface area contributed by atoms with Gasteiger partial charge in [-0.25, -0.2) is 4.98 Å². The fourth-order valence-electron chi connectivity index (χ4n) is 2.77. The van der Waals surface area contributed by atoms with Gasteiger partial charge in [-0.15, -0.1) is 0 Å². The standard InChI is InChI=1S/C17H19BrN2O/c1-11-8-12(10-19-16(11)18)20-14-9-17(2,3)21-15-7-5-4-6-13(14)15/h4-8,10,14,20H,9H2,1-3H3. The predicted octanol–water partition coefficient (Wildman–Crippen LogP) is 4.87. The summed E-state index contributed by atoms with van der Waals surface area (Å²) in [5.74, 6) is 0.966. The monoisotopic (exact) mass is 346 g/mol. The zero-order valence-electron chi connectivity index (χ0n) is 12.5. The minimum Gasteiger partial charge on any atom is -0.487 e. The normalized spacial score (nSPS) is 19.5. The van der Waals surface area contributed by atoms with Crippen LogP contribution in [0.25, 0.3) is 0 Å². The second-order valence-electron chi connectivity index (χ2n) is 6.13. The Morgan fingerprint density at radius 2 is 2.10 bits per heavy atom. The van der Waals surface area contributed by atoms with Crippen LogP contribution in [-0.2, 0) is 0 Å². The summed E-state index contributed by atoms with van der Waals surface area (Å²) < 4.78 is 6.96. The van der Waals surface area contributed by atoms with Crippen molar-refractivity contribution < 1.29 is 4.74 Å². The minimum atomic E-state index is -0.177. The van der Waals surface area contributed by atoms with Crippen molar-refractivity contribution >= 4 is 21.6 Å². The highest BCUT2D eigenvalue weighted by Crippen LogP contribution is 2.40. The van der Waals surface area contributed by atoms with Crippen molar-refractivity contribution in [1.29, 1.82) is 0 Å². The highest BCUT2D eigenvalue weighted by Gasteiger charge is 2.33. The molecule has 1 aliphatic rings. The van der Waals surface area contributed by atoms with Gasteiger partial charge in [-0.05, 0) is 54.4 Å². The van der Waals surface area contributed by atoms with Gasteiger partial charge >= 0.3 is 0 Å². The predicted molar refractivity (Wildman–Crippen MR) is 88.8 cm³/mol. The lowest BCUT2D eigenvalue weighted by Crippen LogP contribution is -2.37. The summed E-state index contributed by atoms with van der Waals surface area (Å²) in [7, 11) is 0. The molecule has 1 unspecified atom stereocenters. The lowest BCUT2D eigenvalue weighted by molar-refractivity contribution is 0.0759. The maximum absolute atomic E-state index is 6.07. The van der Waals surface area contributed by atoms with Crippen molar-refractivity contribution in [1.82, 2.24) is 4.98 Å². The molecule has 0 amide bonds. The highest BCUT2D eigenvalue weighted by atomic mass is 79.9. The average molecular weight is 347 g/mol. The van der Waals surface area contributed by atoms with Gasteiger partial charge in [0.2, 0.25) is 0 Å². The Balaban J connectivity index is 1.92. The van der Waals surface area contributed by atoms with E-state index in [0.29, 0.717) is 0 Å². The summed E-state index contributed by atoms with van der Waals surface area (Å²) in [6.07, 6.45) is 2.78. The summed E-state index contributed by atoms with van der Waals surface area (Å²) in [4.78, 5) is 4.36. The van der Waals surface area contributed by atoms with E-state index in [1.807, 2.05) is 25.3 Å². The molecule has 0 fully saturated rings. The van der Waals surface area contributed by atoms with Crippen LogP contribution in [0.1, 0.15) is 37.4 Å². The van der Waals surface area contributed by atoms with E-state index in [-0.39, 0.29) is 11.6 Å². The molecule has 1 aromatic carbocycles. The number of hydrogen-bond donors (Lipinski definition) is 1. The van der Waals surface area contributed by atoms with Crippen molar-refractivity contribution in [2.24, 2.45) is 0 Å². The van der Waals surface area contributed by atoms with E-state index in [2.05, 4.69) is 58.3 Å². The first-order valence-electron chi connectivity index (χ1n) is 7.11. The van der Waals surface area contributed by atoms with E-state index in [1.165, 1.54) is 5.56 Å². The van der Waals surface area contributed by atoms with Crippen LogP contribution in [0.5, 0.6) is 5.75 Å². The average Bonchev–Trinajstić information content (AvgIpc) is 2.42. The molecule has 1 N–H and O–H groups in total. The van der Waals surface area contributed by atoms with Crippen molar-refractivity contribution in [3.8, 4) is 5.75 Å². The first-order valence-corrected chi connectivity index (χ1v) is 7.90. The molecule has 0 bridgehead atoms. The number of nitrogens with one attached hydrogen (secondary N) is 1. The lowest BCUT2D eigenvalue weighted by Gasteiger charge is -2.38. The number of hydrogen-bond acceptors (Lipinski definition) is 3. The van der Waals surface area contributed by atoms with Gasteiger partial charge in [0, 0.05) is 12.0 Å². The highest BCUT2D eigenvalue weighted by molar-refractivity contribution is 9.10. The van der Waals surface area contributed by atoms with Gasteiger partial charge in [0.1, 0.15) is 16.0 Å². The number of benzene rings is 1. The minimum absolute atomic E-state index is 0.177. The Morgan fingerprint density at radius 1 is 1.33 bits per heavy atom. The number of halogens is 1. The van der Waals surface area contributed by atoms with E-state index < -0.39 is 0 Å². The number of nitrogens with zero attached hydrogens (tertiary/aromatic N) is 1. The molecule has 4 heteroatoms. The molecule has 21 heavy (non-hydrogen) atoms. The third kappa shape index (κ3) is 3.05. The molecule has 2 aromatic rings. The quantitative estimate of drug-likeness (QED) is 0.788. The molecule has 2 heterocycles. The Morgan fingerprint density at radius 3 is 2.86 bits per heavy atom. The maximum Gasteiger partial charge on any atom is 0.125 e. The summed E-state index contributed by atoms with van der Waals surface area (Å²) in [5, 5.41) is 3.60. The van der Waals surface area contributed by atoms with Crippen molar-refractivity contribution in [3.05, 3.63) is 52.3 Å². The van der Waals surface area contributed by atoms with Crippen LogP contribution in [-0.4, -0.2) is 10.6 Å². The molecule has 1 atom stereocenters. The van der Waals surface area contributed by atoms with E-state index in [9.17, 15) is 0 Å². The van der Waals surface area contributed by atoms with Gasteiger partial charge in [0.05, 0.1) is 17.9 Å². The number of fused-ring (bicyclic) bond motifs is 1. The van der Waals surface area contributed by atoms with Crippen LogP contribution in [0.3, 0.4) is 0 Å². The molecule has 0 spiro atoms. The third-order valence-electron chi connectivity index (χ3n) is 3.73. The lowest BCUT2D eigenvalue weighted by atomic mass is 9.89. The third-order valence-corrected chi connectivity index (χ3v) is 4.56. The maximum atomic E-state index is 6.07. The Kier molecular flexibility index (Phi) is 3.66. The molecule has 0 saturated heterocycles. The number of aryl methyl sites for hydroxylation is 1. The van der Waals surface area contributed by atoms with Gasteiger partial charge in [-0.2, -0.15) is 0 Å². The van der Waals surface area contributed by atoms with E-state index in [1.54, 1.807) is 0 Å². The first kappa shape index (κ1) is 14.4. The molecule has 1 aliphatic heterocycles. The summed E-state index contributed by atoms with van der Waals surface area (Å²) in [6.45, 7) is 6.30. The van der Waals surface area contributed by atoms with Gasteiger partial charge in [-0.3, -0.25) is 0 Å². The molecule has 3 rings (SSSR count). The van der Waals surface area contributed by atoms with Crippen LogP contribution in [0, 0.1) is 6.92 Å². The zero-order valence-corrected chi connectivity index (χ0v) is 14.1. The number of aromatic nitrogens is 1. The number of anilines is 1. The largest absolute Gasteiger partial charge is 0.487 e. The Labute approximate surface area is 133 Å². The second-order valence-corrected chi connectivity index (χ2v) is 6.88. The molecular weight excluding hydrogens is 328 g/mol. The summed E-state index contributed by atoms with van der Waals surface area (Å²) in [5.41, 5.74) is 3.19. The number of para-hydroxylation sites is 1. The van der Waals surface area contributed by atoms with Crippen molar-refractivity contribution in [3.63, 3.8) is 0 Å². The Bertz CT molecular complexity index is 670.